The van der Waals surface area contributed by atoms with E-state index in [1.165, 1.54) is 0 Å². The summed E-state index contributed by atoms with van der Waals surface area (Å²) >= 11 is 14.6. The smallest absolute Gasteiger partial charge is 0.104 e. The van der Waals surface area contributed by atoms with Crippen molar-refractivity contribution in [3.8, 4) is 0 Å². The average molecular weight is 356 g/mol. The van der Waals surface area contributed by atoms with Crippen LogP contribution >= 0.6 is 39.7 Å². The molecule has 0 fully saturated rings. The third kappa shape index (κ3) is 3.47. The highest BCUT2D eigenvalue weighted by atomic mass is 79.9. The van der Waals surface area contributed by atoms with Gasteiger partial charge in [0.15, 0.2) is 0 Å². The summed E-state index contributed by atoms with van der Waals surface area (Å²) in [6, 6.07) is 11.5. The average Bonchev–Trinajstić information content (AvgIpc) is 2.34. The monoisotopic (exact) mass is 354 g/mol. The first-order valence-electron chi connectivity index (χ1n) is 5.60. The van der Waals surface area contributed by atoms with Gasteiger partial charge in [-0.2, -0.15) is 0 Å². The Balaban J connectivity index is 2.31. The first-order chi connectivity index (χ1) is 8.97. The van der Waals surface area contributed by atoms with Crippen LogP contribution in [0.4, 0.5) is 11.4 Å². The van der Waals surface area contributed by atoms with Gasteiger partial charge in [-0.25, -0.2) is 0 Å². The topological polar surface area (TPSA) is 38.0 Å². The van der Waals surface area contributed by atoms with Gasteiger partial charge < -0.3 is 11.1 Å². The van der Waals surface area contributed by atoms with Crippen LogP contribution < -0.4 is 11.1 Å². The van der Waals surface area contributed by atoms with Crippen molar-refractivity contribution < 1.29 is 0 Å². The quantitative estimate of drug-likeness (QED) is 0.778. The van der Waals surface area contributed by atoms with Gasteiger partial charge in [-0.15, -0.1) is 0 Å². The molecular formula is C14H12BrClN2S. The first-order valence-corrected chi connectivity index (χ1v) is 7.18. The number of hydrogen-bond donors (Lipinski definition) is 2. The molecule has 0 saturated carbocycles. The zero-order chi connectivity index (χ0) is 14.0. The number of halogens is 2. The van der Waals surface area contributed by atoms with Crippen molar-refractivity contribution in [2.24, 2.45) is 5.73 Å². The summed E-state index contributed by atoms with van der Waals surface area (Å²) in [5.74, 6) is 0. The molecule has 0 aromatic heterocycles. The van der Waals surface area contributed by atoms with Gasteiger partial charge in [-0.1, -0.05) is 29.9 Å². The first kappa shape index (κ1) is 14.3. The molecule has 0 unspecified atom stereocenters. The summed E-state index contributed by atoms with van der Waals surface area (Å²) in [5.41, 5.74) is 9.31. The fraction of sp³-hybridized carbons (Fsp3) is 0.0714. The van der Waals surface area contributed by atoms with E-state index in [1.807, 2.05) is 43.3 Å². The van der Waals surface area contributed by atoms with Crippen LogP contribution in [0.3, 0.4) is 0 Å². The summed E-state index contributed by atoms with van der Waals surface area (Å²) in [7, 11) is 0. The van der Waals surface area contributed by atoms with Crippen LogP contribution in [-0.2, 0) is 0 Å². The largest absolute Gasteiger partial charge is 0.389 e. The van der Waals surface area contributed by atoms with Crippen molar-refractivity contribution in [2.75, 3.05) is 5.32 Å². The molecule has 2 nitrogen and oxygen atoms in total. The molecule has 2 rings (SSSR count). The van der Waals surface area contributed by atoms with Crippen LogP contribution in [0.2, 0.25) is 5.02 Å². The number of nitrogens with two attached hydrogens (primary N) is 1. The Morgan fingerprint density at radius 3 is 2.47 bits per heavy atom. The molecular weight excluding hydrogens is 344 g/mol. The van der Waals surface area contributed by atoms with Gasteiger partial charge in [-0.05, 0) is 58.7 Å². The van der Waals surface area contributed by atoms with E-state index in [2.05, 4.69) is 21.2 Å². The molecule has 0 amide bonds. The zero-order valence-electron chi connectivity index (χ0n) is 10.2. The molecule has 0 bridgehead atoms. The lowest BCUT2D eigenvalue weighted by molar-refractivity contribution is 1.45. The summed E-state index contributed by atoms with van der Waals surface area (Å²) in [4.78, 5) is 0.376. The van der Waals surface area contributed by atoms with E-state index in [4.69, 9.17) is 29.6 Å². The van der Waals surface area contributed by atoms with Crippen molar-refractivity contribution in [3.63, 3.8) is 0 Å². The number of anilines is 2. The second kappa shape index (κ2) is 5.90. The van der Waals surface area contributed by atoms with Gasteiger partial charge in [0.25, 0.3) is 0 Å². The summed E-state index contributed by atoms with van der Waals surface area (Å²) in [6.07, 6.45) is 0. The SMILES string of the molecule is Cc1ccc(Nc2ccc(C(N)=S)cc2Br)c(Cl)c1. The van der Waals surface area contributed by atoms with Crippen molar-refractivity contribution >= 4 is 56.1 Å². The van der Waals surface area contributed by atoms with Crippen LogP contribution in [0.5, 0.6) is 0 Å². The molecule has 0 aliphatic rings. The highest BCUT2D eigenvalue weighted by molar-refractivity contribution is 9.10. The van der Waals surface area contributed by atoms with E-state index in [1.54, 1.807) is 0 Å². The van der Waals surface area contributed by atoms with Crippen LogP contribution in [0.15, 0.2) is 40.9 Å². The highest BCUT2D eigenvalue weighted by Gasteiger charge is 2.06. The van der Waals surface area contributed by atoms with Gasteiger partial charge in [0, 0.05) is 10.0 Å². The van der Waals surface area contributed by atoms with E-state index < -0.39 is 0 Å². The fourth-order valence-corrected chi connectivity index (χ4v) is 2.52. The predicted octanol–water partition coefficient (Wildman–Crippen LogP) is 4.79. The van der Waals surface area contributed by atoms with Gasteiger partial charge in [0.1, 0.15) is 4.99 Å². The molecule has 98 valence electrons. The van der Waals surface area contributed by atoms with Crippen LogP contribution in [-0.4, -0.2) is 4.99 Å². The standard InChI is InChI=1S/C14H12BrClN2S/c1-8-2-4-13(11(16)6-8)18-12-5-3-9(14(17)19)7-10(12)15/h2-7,18H,1H3,(H2,17,19). The number of thiocarbonyl (C=S) groups is 1. The molecule has 3 N–H and O–H groups in total. The number of aryl methyl sites for hydroxylation is 1. The Morgan fingerprint density at radius 2 is 1.89 bits per heavy atom. The Morgan fingerprint density at radius 1 is 1.21 bits per heavy atom. The lowest BCUT2D eigenvalue weighted by Crippen LogP contribution is -2.09. The number of benzene rings is 2. The van der Waals surface area contributed by atoms with E-state index >= 15 is 0 Å². The molecule has 0 saturated heterocycles. The second-order valence-corrected chi connectivity index (χ2v) is 5.87. The van der Waals surface area contributed by atoms with Crippen LogP contribution in [0.1, 0.15) is 11.1 Å². The molecule has 5 heteroatoms. The third-order valence-corrected chi connectivity index (χ3v) is 3.85. The zero-order valence-corrected chi connectivity index (χ0v) is 13.4. The summed E-state index contributed by atoms with van der Waals surface area (Å²) in [6.45, 7) is 2.00. The van der Waals surface area contributed by atoms with Gasteiger partial charge in [-0.3, -0.25) is 0 Å². The Kier molecular flexibility index (Phi) is 4.45. The minimum atomic E-state index is 0.376. The minimum Gasteiger partial charge on any atom is -0.389 e. The van der Waals surface area contributed by atoms with E-state index in [0.717, 1.165) is 27.0 Å². The second-order valence-electron chi connectivity index (χ2n) is 4.17. The van der Waals surface area contributed by atoms with E-state index in [9.17, 15) is 0 Å². The maximum Gasteiger partial charge on any atom is 0.104 e. The van der Waals surface area contributed by atoms with Gasteiger partial charge in [0.2, 0.25) is 0 Å². The van der Waals surface area contributed by atoms with E-state index in [-0.39, 0.29) is 0 Å². The highest BCUT2D eigenvalue weighted by Crippen LogP contribution is 2.31. The Labute approximate surface area is 131 Å². The van der Waals surface area contributed by atoms with Crippen molar-refractivity contribution in [1.82, 2.24) is 0 Å². The van der Waals surface area contributed by atoms with Gasteiger partial charge in [0.05, 0.1) is 16.4 Å². The molecule has 0 heterocycles. The number of nitrogens with one attached hydrogen (secondary N) is 1. The predicted molar refractivity (Wildman–Crippen MR) is 89.5 cm³/mol. The maximum absolute atomic E-state index is 6.19. The molecule has 0 aliphatic heterocycles. The lowest BCUT2D eigenvalue weighted by atomic mass is 10.2. The number of hydrogen-bond acceptors (Lipinski definition) is 2. The van der Waals surface area contributed by atoms with Crippen molar-refractivity contribution in [2.45, 2.75) is 6.92 Å². The molecule has 0 radical (unpaired) electrons. The summed E-state index contributed by atoms with van der Waals surface area (Å²) in [5, 5.41) is 3.96. The van der Waals surface area contributed by atoms with Crippen LogP contribution in [0, 0.1) is 6.92 Å². The van der Waals surface area contributed by atoms with Gasteiger partial charge >= 0.3 is 0 Å². The molecule has 2 aromatic carbocycles. The normalized spacial score (nSPS) is 10.3. The van der Waals surface area contributed by atoms with E-state index in [0.29, 0.717) is 10.0 Å². The fourth-order valence-electron chi connectivity index (χ4n) is 1.64. The molecule has 0 atom stereocenters. The molecule has 0 aliphatic carbocycles. The lowest BCUT2D eigenvalue weighted by Gasteiger charge is -2.11. The number of rotatable bonds is 3. The maximum atomic E-state index is 6.19. The molecule has 2 aromatic rings. The minimum absolute atomic E-state index is 0.376. The van der Waals surface area contributed by atoms with Crippen molar-refractivity contribution in [1.29, 1.82) is 0 Å². The Hall–Kier alpha value is -1.10. The Bertz CT molecular complexity index is 643. The molecule has 19 heavy (non-hydrogen) atoms. The molecule has 0 spiro atoms. The van der Waals surface area contributed by atoms with Crippen molar-refractivity contribution in [3.05, 3.63) is 57.0 Å². The third-order valence-electron chi connectivity index (χ3n) is 2.65. The summed E-state index contributed by atoms with van der Waals surface area (Å²) < 4.78 is 0.884. The van der Waals surface area contributed by atoms with Crippen LogP contribution in [0.25, 0.3) is 0 Å².